The molecule has 3 heterocycles. The summed E-state index contributed by atoms with van der Waals surface area (Å²) in [6, 6.07) is 1.77. The van der Waals surface area contributed by atoms with Crippen molar-refractivity contribution >= 4 is 35.4 Å². The Kier molecular flexibility index (Phi) is 4.17. The van der Waals surface area contributed by atoms with E-state index in [4.69, 9.17) is 24.8 Å². The smallest absolute Gasteiger partial charge is 0.321 e. The van der Waals surface area contributed by atoms with Crippen LogP contribution in [0.15, 0.2) is 18.6 Å². The first-order valence-corrected chi connectivity index (χ1v) is 9.08. The SMILES string of the molecule is Nc1ncnc2c1ccn2[C@H]1C[C@H](O)[C@@H](COP(O)(O)=S)O1. The van der Waals surface area contributed by atoms with Gasteiger partial charge in [0.2, 0.25) is 0 Å². The summed E-state index contributed by atoms with van der Waals surface area (Å²) in [6.45, 7) is -3.97. The molecule has 1 aliphatic rings. The van der Waals surface area contributed by atoms with Gasteiger partial charge in [0.15, 0.2) is 0 Å². The van der Waals surface area contributed by atoms with Gasteiger partial charge >= 0.3 is 6.72 Å². The molecule has 1 fully saturated rings. The minimum Gasteiger partial charge on any atom is -0.390 e. The standard InChI is InChI=1S/C11H15N4O5PS/c12-10-6-1-2-15(11(6)14-5-13-10)9-3-7(16)8(20-9)4-19-21(17,18)22/h1-2,5,7-9,16H,3-4H2,(H2,12,13,14)(H2,17,18,22)/t7-,8+,9+/m0/s1. The lowest BCUT2D eigenvalue weighted by atomic mass is 10.2. The van der Waals surface area contributed by atoms with Gasteiger partial charge in [-0.2, -0.15) is 0 Å². The van der Waals surface area contributed by atoms with Gasteiger partial charge in [0.05, 0.1) is 18.1 Å². The van der Waals surface area contributed by atoms with E-state index in [0.29, 0.717) is 23.3 Å². The van der Waals surface area contributed by atoms with E-state index in [0.717, 1.165) is 0 Å². The van der Waals surface area contributed by atoms with E-state index in [1.807, 2.05) is 0 Å². The van der Waals surface area contributed by atoms with E-state index in [1.54, 1.807) is 16.8 Å². The summed E-state index contributed by atoms with van der Waals surface area (Å²) >= 11 is 4.37. The molecule has 1 aliphatic heterocycles. The average Bonchev–Trinajstić information content (AvgIpc) is 3.00. The van der Waals surface area contributed by atoms with Gasteiger partial charge in [-0.3, -0.25) is 0 Å². The molecule has 5 N–H and O–H groups in total. The first-order chi connectivity index (χ1) is 10.3. The van der Waals surface area contributed by atoms with Crippen molar-refractivity contribution in [1.29, 1.82) is 0 Å². The van der Waals surface area contributed by atoms with Crippen molar-refractivity contribution in [3.05, 3.63) is 18.6 Å². The number of ether oxygens (including phenoxy) is 1. The van der Waals surface area contributed by atoms with Gasteiger partial charge in [0.1, 0.15) is 30.1 Å². The van der Waals surface area contributed by atoms with E-state index in [1.165, 1.54) is 6.33 Å². The van der Waals surface area contributed by atoms with Gasteiger partial charge in [-0.25, -0.2) is 9.97 Å². The van der Waals surface area contributed by atoms with Gasteiger partial charge < -0.3 is 34.5 Å². The van der Waals surface area contributed by atoms with Crippen LogP contribution in [0.25, 0.3) is 11.0 Å². The van der Waals surface area contributed by atoms with Crippen LogP contribution in [0, 0.1) is 0 Å². The van der Waals surface area contributed by atoms with E-state index >= 15 is 0 Å². The Morgan fingerprint density at radius 1 is 1.50 bits per heavy atom. The highest BCUT2D eigenvalue weighted by molar-refractivity contribution is 8.06. The van der Waals surface area contributed by atoms with Crippen molar-refractivity contribution in [2.24, 2.45) is 0 Å². The molecule has 120 valence electrons. The molecule has 3 rings (SSSR count). The molecule has 0 spiro atoms. The highest BCUT2D eigenvalue weighted by atomic mass is 32.5. The molecule has 0 saturated carbocycles. The fraction of sp³-hybridized carbons (Fsp3) is 0.455. The third-order valence-electron chi connectivity index (χ3n) is 3.46. The lowest BCUT2D eigenvalue weighted by Crippen LogP contribution is -2.25. The fourth-order valence-corrected chi connectivity index (χ4v) is 2.95. The number of aromatic nitrogens is 3. The zero-order valence-electron chi connectivity index (χ0n) is 11.3. The zero-order chi connectivity index (χ0) is 15.9. The Balaban J connectivity index is 1.78. The van der Waals surface area contributed by atoms with Crippen LogP contribution in [0.1, 0.15) is 12.6 Å². The summed E-state index contributed by atoms with van der Waals surface area (Å²) in [6.07, 6.45) is 1.42. The summed E-state index contributed by atoms with van der Waals surface area (Å²) in [5.74, 6) is 0.364. The number of anilines is 1. The van der Waals surface area contributed by atoms with Crippen molar-refractivity contribution in [2.45, 2.75) is 24.9 Å². The molecule has 3 atom stereocenters. The molecule has 0 bridgehead atoms. The molecule has 2 aromatic heterocycles. The van der Waals surface area contributed by atoms with Crippen molar-refractivity contribution in [3.8, 4) is 0 Å². The lowest BCUT2D eigenvalue weighted by molar-refractivity contribution is -0.0398. The summed E-state index contributed by atoms with van der Waals surface area (Å²) in [7, 11) is 0. The molecule has 22 heavy (non-hydrogen) atoms. The Morgan fingerprint density at radius 2 is 2.27 bits per heavy atom. The first-order valence-electron chi connectivity index (χ1n) is 6.46. The summed E-state index contributed by atoms with van der Waals surface area (Å²) in [4.78, 5) is 26.2. The predicted molar refractivity (Wildman–Crippen MR) is 81.1 cm³/mol. The van der Waals surface area contributed by atoms with Crippen LogP contribution in [-0.2, 0) is 21.1 Å². The topological polar surface area (TPSA) is 136 Å². The molecule has 2 aromatic rings. The number of fused-ring (bicyclic) bond motifs is 1. The van der Waals surface area contributed by atoms with Crippen molar-refractivity contribution in [3.63, 3.8) is 0 Å². The van der Waals surface area contributed by atoms with Gasteiger partial charge in [-0.1, -0.05) is 0 Å². The van der Waals surface area contributed by atoms with Crippen molar-refractivity contribution in [2.75, 3.05) is 12.3 Å². The summed E-state index contributed by atoms with van der Waals surface area (Å²) in [5, 5.41) is 10.7. The van der Waals surface area contributed by atoms with Crippen LogP contribution in [0.2, 0.25) is 0 Å². The molecular formula is C11H15N4O5PS. The number of aliphatic hydroxyl groups is 1. The van der Waals surface area contributed by atoms with Gasteiger partial charge in [0, 0.05) is 12.6 Å². The molecule has 9 nitrogen and oxygen atoms in total. The van der Waals surface area contributed by atoms with Crippen LogP contribution in [0.4, 0.5) is 5.82 Å². The Labute approximate surface area is 130 Å². The maximum atomic E-state index is 10.0. The maximum Gasteiger partial charge on any atom is 0.321 e. The Hall–Kier alpha value is -1.13. The third kappa shape index (κ3) is 3.13. The fourth-order valence-electron chi connectivity index (χ4n) is 2.43. The van der Waals surface area contributed by atoms with E-state index < -0.39 is 25.2 Å². The number of nitrogens with two attached hydrogens (primary N) is 1. The molecule has 1 saturated heterocycles. The Bertz CT molecular complexity index is 734. The minimum atomic E-state index is -3.77. The van der Waals surface area contributed by atoms with Gasteiger partial charge in [-0.05, 0) is 17.9 Å². The molecular weight excluding hydrogens is 331 g/mol. The number of nitrogens with zero attached hydrogens (tertiary/aromatic N) is 3. The largest absolute Gasteiger partial charge is 0.390 e. The molecule has 0 unspecified atom stereocenters. The van der Waals surface area contributed by atoms with Gasteiger partial charge in [0.25, 0.3) is 0 Å². The number of hydrogen-bond donors (Lipinski definition) is 4. The van der Waals surface area contributed by atoms with Crippen LogP contribution in [0.5, 0.6) is 0 Å². The Morgan fingerprint density at radius 3 is 3.00 bits per heavy atom. The van der Waals surface area contributed by atoms with Crippen molar-refractivity contribution in [1.82, 2.24) is 14.5 Å². The van der Waals surface area contributed by atoms with E-state index in [9.17, 15) is 5.11 Å². The first kappa shape index (κ1) is 15.8. The molecule has 0 amide bonds. The monoisotopic (exact) mass is 346 g/mol. The van der Waals surface area contributed by atoms with E-state index in [-0.39, 0.29) is 6.61 Å². The van der Waals surface area contributed by atoms with Crippen LogP contribution in [0.3, 0.4) is 0 Å². The second kappa shape index (κ2) is 5.82. The number of aliphatic hydroxyl groups excluding tert-OH is 1. The second-order valence-corrected chi connectivity index (χ2v) is 7.60. The molecule has 0 radical (unpaired) electrons. The normalized spacial score (nSPS) is 25.9. The second-order valence-electron chi connectivity index (χ2n) is 4.94. The lowest BCUT2D eigenvalue weighted by Gasteiger charge is -2.17. The number of nitrogen functional groups attached to an aromatic ring is 1. The molecule has 0 aromatic carbocycles. The zero-order valence-corrected chi connectivity index (χ0v) is 13.0. The number of rotatable bonds is 4. The number of hydrogen-bond acceptors (Lipinski definition) is 7. The molecule has 0 aliphatic carbocycles. The minimum absolute atomic E-state index is 0.196. The van der Waals surface area contributed by atoms with Gasteiger partial charge in [-0.15, -0.1) is 0 Å². The van der Waals surface area contributed by atoms with E-state index in [2.05, 4.69) is 21.8 Å². The van der Waals surface area contributed by atoms with Crippen molar-refractivity contribution < 1.29 is 24.2 Å². The van der Waals surface area contributed by atoms with Crippen LogP contribution >= 0.6 is 6.72 Å². The average molecular weight is 346 g/mol. The summed E-state index contributed by atoms with van der Waals surface area (Å²) < 4.78 is 12.2. The summed E-state index contributed by atoms with van der Waals surface area (Å²) in [5.41, 5.74) is 6.38. The van der Waals surface area contributed by atoms with Crippen LogP contribution < -0.4 is 5.73 Å². The quantitative estimate of drug-likeness (QED) is 0.559. The molecule has 11 heteroatoms. The maximum absolute atomic E-state index is 10.0. The predicted octanol–water partition coefficient (Wildman–Crippen LogP) is -0.112. The highest BCUT2D eigenvalue weighted by Crippen LogP contribution is 2.39. The van der Waals surface area contributed by atoms with Crippen LogP contribution in [-0.4, -0.2) is 48.2 Å². The third-order valence-corrected chi connectivity index (χ3v) is 4.26. The highest BCUT2D eigenvalue weighted by Gasteiger charge is 2.36.